The topological polar surface area (TPSA) is 41.9 Å². The van der Waals surface area contributed by atoms with E-state index in [0.29, 0.717) is 29.9 Å². The first-order valence-corrected chi connectivity index (χ1v) is 7.55. The van der Waals surface area contributed by atoms with Crippen molar-refractivity contribution < 1.29 is 14.6 Å². The summed E-state index contributed by atoms with van der Waals surface area (Å²) < 4.78 is 11.3. The molecule has 3 rings (SSSR count). The van der Waals surface area contributed by atoms with Gasteiger partial charge in [-0.1, -0.05) is 11.6 Å². The highest BCUT2D eigenvalue weighted by Gasteiger charge is 2.23. The maximum absolute atomic E-state index is 9.20. The average molecular weight is 298 g/mol. The van der Waals surface area contributed by atoms with Crippen LogP contribution in [0.3, 0.4) is 0 Å². The summed E-state index contributed by atoms with van der Waals surface area (Å²) in [5.41, 5.74) is 1.14. The Morgan fingerprint density at radius 1 is 1.30 bits per heavy atom. The number of nitrogens with zero attached hydrogens (tertiary/aromatic N) is 1. The molecule has 2 aliphatic rings. The van der Waals surface area contributed by atoms with Crippen molar-refractivity contribution in [1.82, 2.24) is 4.90 Å². The van der Waals surface area contributed by atoms with Gasteiger partial charge in [0.05, 0.1) is 18.2 Å². The normalized spacial score (nSPS) is 22.8. The lowest BCUT2D eigenvalue weighted by atomic mass is 10.1. The van der Waals surface area contributed by atoms with Crippen LogP contribution in [0.15, 0.2) is 12.1 Å². The van der Waals surface area contributed by atoms with Gasteiger partial charge in [-0.15, -0.1) is 0 Å². The minimum Gasteiger partial charge on any atom is -0.489 e. The van der Waals surface area contributed by atoms with Gasteiger partial charge >= 0.3 is 0 Å². The second-order valence-electron chi connectivity index (χ2n) is 5.53. The molecular formula is C15H20ClNO3. The van der Waals surface area contributed by atoms with Gasteiger partial charge in [-0.25, -0.2) is 0 Å². The molecule has 0 bridgehead atoms. The third kappa shape index (κ3) is 3.03. The number of fused-ring (bicyclic) bond motifs is 1. The van der Waals surface area contributed by atoms with Crippen LogP contribution in [0.4, 0.5) is 0 Å². The van der Waals surface area contributed by atoms with E-state index < -0.39 is 0 Å². The fourth-order valence-corrected chi connectivity index (χ4v) is 3.13. The summed E-state index contributed by atoms with van der Waals surface area (Å²) in [5, 5.41) is 9.82. The molecule has 5 heteroatoms. The van der Waals surface area contributed by atoms with Crippen molar-refractivity contribution in [3.8, 4) is 11.5 Å². The summed E-state index contributed by atoms with van der Waals surface area (Å²) in [6.45, 7) is 4.41. The van der Waals surface area contributed by atoms with Crippen LogP contribution >= 0.6 is 11.6 Å². The first-order valence-electron chi connectivity index (χ1n) is 7.17. The standard InChI is InChI=1S/C15H20ClNO3/c16-13-6-12(9-17-3-2-11(8-17)10-18)7-14-15(13)20-5-1-4-19-14/h6-7,11,18H,1-5,8-10H2. The van der Waals surface area contributed by atoms with E-state index in [0.717, 1.165) is 43.8 Å². The van der Waals surface area contributed by atoms with Crippen molar-refractivity contribution in [1.29, 1.82) is 0 Å². The van der Waals surface area contributed by atoms with Gasteiger partial charge in [-0.3, -0.25) is 4.90 Å². The summed E-state index contributed by atoms with van der Waals surface area (Å²) in [4.78, 5) is 2.34. The zero-order chi connectivity index (χ0) is 13.9. The molecule has 2 aliphatic heterocycles. The predicted octanol–water partition coefficient (Wildman–Crippen LogP) is 2.32. The summed E-state index contributed by atoms with van der Waals surface area (Å²) in [7, 11) is 0. The minimum atomic E-state index is 0.276. The molecule has 2 heterocycles. The SMILES string of the molecule is OCC1CCN(Cc2cc(Cl)c3c(c2)OCCCO3)C1. The molecule has 20 heavy (non-hydrogen) atoms. The number of benzene rings is 1. The molecule has 1 aromatic carbocycles. The molecule has 0 aromatic heterocycles. The maximum atomic E-state index is 9.20. The molecule has 1 saturated heterocycles. The second-order valence-corrected chi connectivity index (χ2v) is 5.93. The van der Waals surface area contributed by atoms with E-state index in [1.54, 1.807) is 0 Å². The number of aliphatic hydroxyl groups is 1. The summed E-state index contributed by atoms with van der Waals surface area (Å²) in [6.07, 6.45) is 1.94. The van der Waals surface area contributed by atoms with Crippen LogP contribution in [0, 0.1) is 5.92 Å². The highest BCUT2D eigenvalue weighted by Crippen LogP contribution is 2.38. The van der Waals surface area contributed by atoms with Gasteiger partial charge in [0.15, 0.2) is 11.5 Å². The molecule has 110 valence electrons. The van der Waals surface area contributed by atoms with Gasteiger partial charge in [0, 0.05) is 26.1 Å². The van der Waals surface area contributed by atoms with Crippen LogP contribution in [0.2, 0.25) is 5.02 Å². The molecule has 1 aromatic rings. The van der Waals surface area contributed by atoms with Crippen LogP contribution < -0.4 is 9.47 Å². The Balaban J connectivity index is 1.74. The highest BCUT2D eigenvalue weighted by molar-refractivity contribution is 6.32. The number of hydrogen-bond donors (Lipinski definition) is 1. The van der Waals surface area contributed by atoms with Gasteiger partial charge in [-0.05, 0) is 36.6 Å². The van der Waals surface area contributed by atoms with E-state index in [9.17, 15) is 5.11 Å². The molecule has 0 saturated carbocycles. The highest BCUT2D eigenvalue weighted by atomic mass is 35.5. The Labute approximate surface area is 124 Å². The van der Waals surface area contributed by atoms with Gasteiger partial charge in [0.25, 0.3) is 0 Å². The van der Waals surface area contributed by atoms with Crippen molar-refractivity contribution >= 4 is 11.6 Å². The third-order valence-electron chi connectivity index (χ3n) is 3.90. The molecule has 1 atom stereocenters. The van der Waals surface area contributed by atoms with E-state index in [4.69, 9.17) is 21.1 Å². The van der Waals surface area contributed by atoms with Crippen molar-refractivity contribution in [2.75, 3.05) is 32.9 Å². The summed E-state index contributed by atoms with van der Waals surface area (Å²) >= 11 is 6.30. The Hall–Kier alpha value is -0.970. The Kier molecular flexibility index (Phi) is 4.34. The number of halogens is 1. The van der Waals surface area contributed by atoms with Crippen molar-refractivity contribution in [2.45, 2.75) is 19.4 Å². The lowest BCUT2D eigenvalue weighted by Crippen LogP contribution is -2.21. The molecule has 1 N–H and O–H groups in total. The molecule has 1 fully saturated rings. The maximum Gasteiger partial charge on any atom is 0.179 e. The summed E-state index contributed by atoms with van der Waals surface area (Å²) in [6, 6.07) is 3.99. The fraction of sp³-hybridized carbons (Fsp3) is 0.600. The zero-order valence-corrected chi connectivity index (χ0v) is 12.2. The predicted molar refractivity (Wildman–Crippen MR) is 77.5 cm³/mol. The molecule has 4 nitrogen and oxygen atoms in total. The second kappa shape index (κ2) is 6.20. The minimum absolute atomic E-state index is 0.276. The molecule has 0 spiro atoms. The van der Waals surface area contributed by atoms with Gasteiger partial charge < -0.3 is 14.6 Å². The molecular weight excluding hydrogens is 278 g/mol. The van der Waals surface area contributed by atoms with E-state index in [-0.39, 0.29) is 6.61 Å². The van der Waals surface area contributed by atoms with E-state index >= 15 is 0 Å². The van der Waals surface area contributed by atoms with Crippen molar-refractivity contribution in [3.63, 3.8) is 0 Å². The molecule has 0 radical (unpaired) electrons. The van der Waals surface area contributed by atoms with Crippen LogP contribution in [0.1, 0.15) is 18.4 Å². The number of ether oxygens (including phenoxy) is 2. The van der Waals surface area contributed by atoms with Crippen molar-refractivity contribution in [3.05, 3.63) is 22.7 Å². The van der Waals surface area contributed by atoms with Gasteiger partial charge in [-0.2, -0.15) is 0 Å². The van der Waals surface area contributed by atoms with E-state index in [1.807, 2.05) is 12.1 Å². The third-order valence-corrected chi connectivity index (χ3v) is 4.18. The van der Waals surface area contributed by atoms with Crippen molar-refractivity contribution in [2.24, 2.45) is 5.92 Å². The van der Waals surface area contributed by atoms with Crippen LogP contribution in [-0.2, 0) is 6.54 Å². The van der Waals surface area contributed by atoms with Gasteiger partial charge in [0.1, 0.15) is 0 Å². The van der Waals surface area contributed by atoms with E-state index in [1.165, 1.54) is 0 Å². The zero-order valence-electron chi connectivity index (χ0n) is 11.5. The Bertz CT molecular complexity index is 480. The molecule has 1 unspecified atom stereocenters. The Morgan fingerprint density at radius 3 is 2.95 bits per heavy atom. The number of likely N-dealkylation sites (tertiary alicyclic amines) is 1. The van der Waals surface area contributed by atoms with Crippen LogP contribution in [0.25, 0.3) is 0 Å². The van der Waals surface area contributed by atoms with Gasteiger partial charge in [0.2, 0.25) is 0 Å². The molecule has 0 amide bonds. The van der Waals surface area contributed by atoms with Crippen LogP contribution in [-0.4, -0.2) is 42.9 Å². The van der Waals surface area contributed by atoms with Crippen LogP contribution in [0.5, 0.6) is 11.5 Å². The average Bonchev–Trinajstić information content (AvgIpc) is 2.74. The largest absolute Gasteiger partial charge is 0.489 e. The Morgan fingerprint density at radius 2 is 2.15 bits per heavy atom. The lowest BCUT2D eigenvalue weighted by molar-refractivity contribution is 0.220. The first kappa shape index (κ1) is 14.0. The monoisotopic (exact) mass is 297 g/mol. The summed E-state index contributed by atoms with van der Waals surface area (Å²) in [5.74, 6) is 1.83. The number of rotatable bonds is 3. The number of aliphatic hydroxyl groups excluding tert-OH is 1. The molecule has 0 aliphatic carbocycles. The van der Waals surface area contributed by atoms with E-state index in [2.05, 4.69) is 4.90 Å². The lowest BCUT2D eigenvalue weighted by Gasteiger charge is -2.17. The smallest absolute Gasteiger partial charge is 0.179 e. The number of hydrogen-bond acceptors (Lipinski definition) is 4. The quantitative estimate of drug-likeness (QED) is 0.930. The fourth-order valence-electron chi connectivity index (χ4n) is 2.84. The first-order chi connectivity index (χ1) is 9.76.